The number of methoxy groups -OCH3 is 1. The van der Waals surface area contributed by atoms with Gasteiger partial charge in [-0.15, -0.1) is 0 Å². The molecule has 1 N–H and O–H groups in total. The van der Waals surface area contributed by atoms with Crippen LogP contribution in [0.2, 0.25) is 5.02 Å². The number of aromatic nitrogens is 2. The number of fused-ring (bicyclic) bond motifs is 1. The molecule has 0 atom stereocenters. The number of nitrogens with one attached hydrogen (secondary N) is 1. The highest BCUT2D eigenvalue weighted by atomic mass is 35.5. The maximum absolute atomic E-state index is 14.5. The highest BCUT2D eigenvalue weighted by molar-refractivity contribution is 6.31. The van der Waals surface area contributed by atoms with Crippen LogP contribution in [0, 0.1) is 11.7 Å². The van der Waals surface area contributed by atoms with E-state index in [4.69, 9.17) is 21.1 Å². The van der Waals surface area contributed by atoms with Gasteiger partial charge in [0.05, 0.1) is 36.0 Å². The summed E-state index contributed by atoms with van der Waals surface area (Å²) in [5, 5.41) is 3.76. The maximum Gasteiger partial charge on any atom is 0.236 e. The smallest absolute Gasteiger partial charge is 0.236 e. The van der Waals surface area contributed by atoms with Crippen LogP contribution in [-0.2, 0) is 4.79 Å². The average molecular weight is 554 g/mol. The Morgan fingerprint density at radius 3 is 2.64 bits per heavy atom. The number of ether oxygens (including phenoxy) is 2. The fraction of sp³-hybridized carbons (Fsp3) is 0.483. The Labute approximate surface area is 232 Å². The lowest BCUT2D eigenvalue weighted by atomic mass is 9.91. The lowest BCUT2D eigenvalue weighted by Gasteiger charge is -2.41. The van der Waals surface area contributed by atoms with Crippen molar-refractivity contribution in [2.45, 2.75) is 50.7 Å². The van der Waals surface area contributed by atoms with E-state index < -0.39 is 5.82 Å². The van der Waals surface area contributed by atoms with Crippen molar-refractivity contribution in [1.29, 1.82) is 0 Å². The second-order valence-electron chi connectivity index (χ2n) is 10.8. The first-order chi connectivity index (χ1) is 19.0. The van der Waals surface area contributed by atoms with E-state index in [1.807, 2.05) is 12.1 Å². The molecule has 2 heterocycles. The van der Waals surface area contributed by atoms with E-state index in [1.54, 1.807) is 19.2 Å². The van der Waals surface area contributed by atoms with Crippen molar-refractivity contribution in [3.8, 4) is 11.5 Å². The fourth-order valence-electron chi connectivity index (χ4n) is 5.69. The first-order valence-corrected chi connectivity index (χ1v) is 14.1. The molecule has 0 bridgehead atoms. The zero-order valence-corrected chi connectivity index (χ0v) is 22.8. The maximum atomic E-state index is 14.5. The summed E-state index contributed by atoms with van der Waals surface area (Å²) < 4.78 is 26.6. The molecule has 1 aliphatic heterocycles. The van der Waals surface area contributed by atoms with Crippen LogP contribution in [0.5, 0.6) is 11.5 Å². The first-order valence-electron chi connectivity index (χ1n) is 13.7. The van der Waals surface area contributed by atoms with E-state index in [2.05, 4.69) is 25.1 Å². The van der Waals surface area contributed by atoms with Gasteiger partial charge in [0.15, 0.2) is 17.3 Å². The van der Waals surface area contributed by atoms with Crippen molar-refractivity contribution in [2.75, 3.05) is 38.6 Å². The number of hydrogen-bond acceptors (Lipinski definition) is 7. The molecular weight excluding hydrogens is 521 g/mol. The van der Waals surface area contributed by atoms with Gasteiger partial charge in [0.25, 0.3) is 0 Å². The standard InChI is InChI=1S/C29H33ClFN5O3/c1-38-25-14-24-21(29(33-17-32-24)34-23-4-2-3-22(30)28(23)31)13-26(25)39-20-9-7-19(8-10-20)35-11-12-36(27(37)16-35)15-18-5-6-18/h2-4,13-14,17-20H,5-12,15-16H2,1H3,(H,32,33,34). The van der Waals surface area contributed by atoms with Gasteiger partial charge < -0.3 is 19.7 Å². The Kier molecular flexibility index (Phi) is 7.44. The number of benzene rings is 2. The Morgan fingerprint density at radius 1 is 1.08 bits per heavy atom. The molecule has 39 heavy (non-hydrogen) atoms. The second-order valence-corrected chi connectivity index (χ2v) is 11.2. The number of carbonyl (C=O) groups is 1. The Bertz CT molecular complexity index is 1360. The summed E-state index contributed by atoms with van der Waals surface area (Å²) in [6.45, 7) is 3.27. The Hall–Kier alpha value is -3.17. The van der Waals surface area contributed by atoms with Gasteiger partial charge >= 0.3 is 0 Å². The molecule has 2 saturated carbocycles. The van der Waals surface area contributed by atoms with E-state index in [0.717, 1.165) is 51.2 Å². The van der Waals surface area contributed by atoms with E-state index in [9.17, 15) is 9.18 Å². The molecule has 1 aromatic heterocycles. The highest BCUT2D eigenvalue weighted by Gasteiger charge is 2.34. The first kappa shape index (κ1) is 26.1. The van der Waals surface area contributed by atoms with Crippen LogP contribution in [0.25, 0.3) is 10.9 Å². The van der Waals surface area contributed by atoms with Crippen molar-refractivity contribution in [3.63, 3.8) is 0 Å². The van der Waals surface area contributed by atoms with Gasteiger partial charge in [-0.1, -0.05) is 17.7 Å². The molecule has 1 saturated heterocycles. The van der Waals surface area contributed by atoms with Crippen molar-refractivity contribution >= 4 is 39.9 Å². The van der Waals surface area contributed by atoms with Gasteiger partial charge in [0.2, 0.25) is 5.91 Å². The minimum absolute atomic E-state index is 0.0316. The summed E-state index contributed by atoms with van der Waals surface area (Å²) in [5.74, 6) is 2.09. The summed E-state index contributed by atoms with van der Waals surface area (Å²) >= 11 is 5.96. The molecule has 206 valence electrons. The van der Waals surface area contributed by atoms with Crippen LogP contribution in [0.3, 0.4) is 0 Å². The van der Waals surface area contributed by atoms with Crippen LogP contribution >= 0.6 is 11.6 Å². The molecule has 8 nitrogen and oxygen atoms in total. The van der Waals surface area contributed by atoms with Crippen molar-refractivity contribution in [2.24, 2.45) is 5.92 Å². The number of carbonyl (C=O) groups excluding carboxylic acids is 1. The predicted octanol–water partition coefficient (Wildman–Crippen LogP) is 5.42. The number of nitrogens with zero attached hydrogens (tertiary/aromatic N) is 4. The second kappa shape index (κ2) is 11.1. The molecule has 3 fully saturated rings. The zero-order chi connectivity index (χ0) is 26.9. The van der Waals surface area contributed by atoms with E-state index in [1.165, 1.54) is 25.2 Å². The fourth-order valence-corrected chi connectivity index (χ4v) is 5.87. The third kappa shape index (κ3) is 5.75. The summed E-state index contributed by atoms with van der Waals surface area (Å²) in [6.07, 6.45) is 7.76. The molecule has 3 aliphatic rings. The summed E-state index contributed by atoms with van der Waals surface area (Å²) in [6, 6.07) is 8.85. The quantitative estimate of drug-likeness (QED) is 0.399. The molecule has 2 aromatic carbocycles. The van der Waals surface area contributed by atoms with Crippen molar-refractivity contribution in [3.05, 3.63) is 47.5 Å². The van der Waals surface area contributed by atoms with Gasteiger partial charge in [-0.3, -0.25) is 9.69 Å². The molecule has 3 aromatic rings. The number of halogens is 2. The third-order valence-electron chi connectivity index (χ3n) is 8.10. The average Bonchev–Trinajstić information content (AvgIpc) is 3.77. The van der Waals surface area contributed by atoms with E-state index in [-0.39, 0.29) is 22.7 Å². The van der Waals surface area contributed by atoms with Gasteiger partial charge in [-0.05, 0) is 62.6 Å². The van der Waals surface area contributed by atoms with Crippen molar-refractivity contribution in [1.82, 2.24) is 19.8 Å². The molecule has 6 rings (SSSR count). The van der Waals surface area contributed by atoms with E-state index >= 15 is 0 Å². The van der Waals surface area contributed by atoms with Gasteiger partial charge in [-0.2, -0.15) is 0 Å². The number of hydrogen-bond donors (Lipinski definition) is 1. The Balaban J connectivity index is 1.13. The lowest BCUT2D eigenvalue weighted by Crippen LogP contribution is -2.54. The van der Waals surface area contributed by atoms with Crippen LogP contribution in [0.4, 0.5) is 15.9 Å². The summed E-state index contributed by atoms with van der Waals surface area (Å²) in [5.41, 5.74) is 0.874. The largest absolute Gasteiger partial charge is 0.493 e. The number of rotatable bonds is 8. The summed E-state index contributed by atoms with van der Waals surface area (Å²) in [4.78, 5) is 25.8. The van der Waals surface area contributed by atoms with Crippen LogP contribution in [0.15, 0.2) is 36.7 Å². The molecule has 0 spiro atoms. The normalized spacial score (nSPS) is 22.2. The molecule has 10 heteroatoms. The predicted molar refractivity (Wildman–Crippen MR) is 148 cm³/mol. The molecule has 1 amide bonds. The van der Waals surface area contributed by atoms with E-state index in [0.29, 0.717) is 40.8 Å². The summed E-state index contributed by atoms with van der Waals surface area (Å²) in [7, 11) is 1.60. The topological polar surface area (TPSA) is 79.8 Å². The van der Waals surface area contributed by atoms with Gasteiger partial charge in [-0.25, -0.2) is 14.4 Å². The SMILES string of the molecule is COc1cc2ncnc(Nc3cccc(Cl)c3F)c2cc1OC1CCC(N2CCN(CC3CC3)C(=O)C2)CC1. The Morgan fingerprint density at radius 2 is 1.90 bits per heavy atom. The van der Waals surface area contributed by atoms with Gasteiger partial charge in [0, 0.05) is 37.1 Å². The molecule has 0 unspecified atom stereocenters. The minimum atomic E-state index is -0.543. The van der Waals surface area contributed by atoms with Crippen LogP contribution in [-0.4, -0.2) is 71.1 Å². The number of anilines is 2. The lowest BCUT2D eigenvalue weighted by molar-refractivity contribution is -0.137. The minimum Gasteiger partial charge on any atom is -0.493 e. The third-order valence-corrected chi connectivity index (χ3v) is 8.39. The number of piperazine rings is 1. The monoisotopic (exact) mass is 553 g/mol. The molecule has 0 radical (unpaired) electrons. The van der Waals surface area contributed by atoms with Crippen LogP contribution < -0.4 is 14.8 Å². The molecular formula is C29H33ClFN5O3. The van der Waals surface area contributed by atoms with Crippen molar-refractivity contribution < 1.29 is 18.7 Å². The zero-order valence-electron chi connectivity index (χ0n) is 22.0. The number of amides is 1. The van der Waals surface area contributed by atoms with Crippen LogP contribution in [0.1, 0.15) is 38.5 Å². The highest BCUT2D eigenvalue weighted by Crippen LogP contribution is 2.38. The van der Waals surface area contributed by atoms with Gasteiger partial charge in [0.1, 0.15) is 12.1 Å². The molecule has 2 aliphatic carbocycles.